The Balaban J connectivity index is 1.75. The van der Waals surface area contributed by atoms with Crippen LogP contribution >= 0.6 is 15.9 Å². The molecule has 6 heteroatoms. The summed E-state index contributed by atoms with van der Waals surface area (Å²) in [6, 6.07) is 13.5. The molecule has 2 aromatic carbocycles. The molecule has 0 radical (unpaired) electrons. The van der Waals surface area contributed by atoms with Gasteiger partial charge in [0, 0.05) is 28.8 Å². The predicted octanol–water partition coefficient (Wildman–Crippen LogP) is 3.19. The Hall–Kier alpha value is -2.18. The number of hydrogen-bond acceptors (Lipinski definition) is 4. The number of para-hydroxylation sites is 1. The van der Waals surface area contributed by atoms with Crippen molar-refractivity contribution < 1.29 is 4.74 Å². The van der Waals surface area contributed by atoms with Gasteiger partial charge in [0.2, 0.25) is 0 Å². The van der Waals surface area contributed by atoms with Gasteiger partial charge in [-0.2, -0.15) is 0 Å². The van der Waals surface area contributed by atoms with Crippen molar-refractivity contribution in [1.29, 1.82) is 0 Å². The monoisotopic (exact) mass is 385 g/mol. The average Bonchev–Trinajstić information content (AvgIpc) is 2.62. The second kappa shape index (κ2) is 6.37. The zero-order valence-corrected chi connectivity index (χ0v) is 14.5. The van der Waals surface area contributed by atoms with Gasteiger partial charge in [-0.1, -0.05) is 12.1 Å². The normalized spacial score (nSPS) is 15.0. The van der Waals surface area contributed by atoms with E-state index in [1.54, 1.807) is 6.07 Å². The summed E-state index contributed by atoms with van der Waals surface area (Å²) < 4.78 is 6.30. The van der Waals surface area contributed by atoms with Crippen LogP contribution in [-0.4, -0.2) is 36.3 Å². The van der Waals surface area contributed by atoms with Crippen molar-refractivity contribution in [3.63, 3.8) is 0 Å². The number of halogens is 1. The molecule has 122 valence electrons. The topological polar surface area (TPSA) is 58.2 Å². The summed E-state index contributed by atoms with van der Waals surface area (Å²) in [5.74, 6) is 0.569. The van der Waals surface area contributed by atoms with Gasteiger partial charge in [-0.3, -0.25) is 4.79 Å². The molecule has 1 aromatic heterocycles. The van der Waals surface area contributed by atoms with Crippen molar-refractivity contribution in [2.45, 2.75) is 0 Å². The van der Waals surface area contributed by atoms with Crippen molar-refractivity contribution in [3.05, 3.63) is 57.3 Å². The molecule has 4 rings (SSSR count). The van der Waals surface area contributed by atoms with E-state index in [2.05, 4.69) is 42.9 Å². The molecule has 1 saturated heterocycles. The molecule has 0 spiro atoms. The van der Waals surface area contributed by atoms with E-state index in [1.807, 2.05) is 24.3 Å². The highest BCUT2D eigenvalue weighted by Gasteiger charge is 2.14. The van der Waals surface area contributed by atoms with E-state index in [0.717, 1.165) is 42.0 Å². The minimum atomic E-state index is -0.125. The fourth-order valence-electron chi connectivity index (χ4n) is 2.93. The second-order valence-corrected chi connectivity index (χ2v) is 6.55. The number of aromatic amines is 1. The first-order chi connectivity index (χ1) is 11.7. The highest BCUT2D eigenvalue weighted by Crippen LogP contribution is 2.30. The van der Waals surface area contributed by atoms with Crippen LogP contribution in [-0.2, 0) is 4.74 Å². The van der Waals surface area contributed by atoms with Crippen LogP contribution in [0.25, 0.3) is 22.3 Å². The fourth-order valence-corrected chi connectivity index (χ4v) is 3.48. The van der Waals surface area contributed by atoms with Crippen molar-refractivity contribution >= 4 is 32.5 Å². The highest BCUT2D eigenvalue weighted by atomic mass is 79.9. The van der Waals surface area contributed by atoms with E-state index < -0.39 is 0 Å². The van der Waals surface area contributed by atoms with Gasteiger partial charge in [0.15, 0.2) is 0 Å². The fraction of sp³-hybridized carbons (Fsp3) is 0.222. The molecule has 1 aliphatic rings. The molecule has 0 aliphatic carbocycles. The maximum Gasteiger partial charge on any atom is 0.259 e. The third-order valence-electron chi connectivity index (χ3n) is 4.20. The van der Waals surface area contributed by atoms with Crippen molar-refractivity contribution in [2.75, 3.05) is 31.2 Å². The van der Waals surface area contributed by atoms with Crippen LogP contribution < -0.4 is 10.5 Å². The van der Waals surface area contributed by atoms with Gasteiger partial charge in [0.1, 0.15) is 5.82 Å². The number of nitrogens with zero attached hydrogens (tertiary/aromatic N) is 2. The zero-order chi connectivity index (χ0) is 16.5. The molecule has 5 nitrogen and oxygen atoms in total. The minimum absolute atomic E-state index is 0.125. The summed E-state index contributed by atoms with van der Waals surface area (Å²) in [5.41, 5.74) is 2.58. The molecule has 1 fully saturated rings. The molecule has 0 bridgehead atoms. The lowest BCUT2D eigenvalue weighted by molar-refractivity contribution is 0.122. The van der Waals surface area contributed by atoms with Crippen molar-refractivity contribution in [1.82, 2.24) is 9.97 Å². The van der Waals surface area contributed by atoms with Gasteiger partial charge in [-0.15, -0.1) is 0 Å². The van der Waals surface area contributed by atoms with E-state index in [-0.39, 0.29) is 5.56 Å². The van der Waals surface area contributed by atoms with Crippen LogP contribution in [0.3, 0.4) is 0 Å². The average molecular weight is 386 g/mol. The number of ether oxygens (including phenoxy) is 1. The molecule has 0 unspecified atom stereocenters. The molecule has 24 heavy (non-hydrogen) atoms. The number of anilines is 1. The van der Waals surface area contributed by atoms with E-state index >= 15 is 0 Å². The summed E-state index contributed by atoms with van der Waals surface area (Å²) in [6.07, 6.45) is 0. The largest absolute Gasteiger partial charge is 0.378 e. The van der Waals surface area contributed by atoms with Crippen LogP contribution in [0, 0.1) is 0 Å². The summed E-state index contributed by atoms with van der Waals surface area (Å²) in [5, 5.41) is 0.599. The minimum Gasteiger partial charge on any atom is -0.378 e. The Morgan fingerprint density at radius 2 is 1.92 bits per heavy atom. The summed E-state index contributed by atoms with van der Waals surface area (Å²) >= 11 is 3.62. The Kier molecular flexibility index (Phi) is 4.08. The SMILES string of the molecule is O=c1[nH]c(-c2ccc(N3CCOCC3)cc2Br)nc2ccccc12. The lowest BCUT2D eigenvalue weighted by atomic mass is 10.1. The van der Waals surface area contributed by atoms with Gasteiger partial charge in [0.05, 0.1) is 24.1 Å². The third kappa shape index (κ3) is 2.83. The number of morpholine rings is 1. The Labute approximate surface area is 147 Å². The maximum absolute atomic E-state index is 12.3. The van der Waals surface area contributed by atoms with Crippen LogP contribution in [0.1, 0.15) is 0 Å². The molecule has 0 saturated carbocycles. The van der Waals surface area contributed by atoms with E-state index in [0.29, 0.717) is 16.7 Å². The van der Waals surface area contributed by atoms with Gasteiger partial charge in [0.25, 0.3) is 5.56 Å². The first-order valence-corrected chi connectivity index (χ1v) is 8.63. The first kappa shape index (κ1) is 15.4. The first-order valence-electron chi connectivity index (χ1n) is 7.84. The van der Waals surface area contributed by atoms with Gasteiger partial charge >= 0.3 is 0 Å². The molecular weight excluding hydrogens is 370 g/mol. The zero-order valence-electron chi connectivity index (χ0n) is 13.0. The molecule has 1 N–H and O–H groups in total. The lowest BCUT2D eigenvalue weighted by Crippen LogP contribution is -2.36. The number of H-pyrrole nitrogens is 1. The molecule has 2 heterocycles. The van der Waals surface area contributed by atoms with Crippen LogP contribution in [0.4, 0.5) is 5.69 Å². The van der Waals surface area contributed by atoms with Crippen LogP contribution in [0.5, 0.6) is 0 Å². The molecular formula is C18H16BrN3O2. The number of hydrogen-bond donors (Lipinski definition) is 1. The Morgan fingerprint density at radius 3 is 2.71 bits per heavy atom. The maximum atomic E-state index is 12.3. The predicted molar refractivity (Wildman–Crippen MR) is 98.5 cm³/mol. The second-order valence-electron chi connectivity index (χ2n) is 5.70. The third-order valence-corrected chi connectivity index (χ3v) is 4.85. The van der Waals surface area contributed by atoms with Crippen LogP contribution in [0.2, 0.25) is 0 Å². The highest BCUT2D eigenvalue weighted by molar-refractivity contribution is 9.10. The van der Waals surface area contributed by atoms with Crippen LogP contribution in [0.15, 0.2) is 51.7 Å². The lowest BCUT2D eigenvalue weighted by Gasteiger charge is -2.29. The number of aromatic nitrogens is 2. The van der Waals surface area contributed by atoms with E-state index in [4.69, 9.17) is 4.74 Å². The van der Waals surface area contributed by atoms with Crippen molar-refractivity contribution in [2.24, 2.45) is 0 Å². The summed E-state index contributed by atoms with van der Waals surface area (Å²) in [4.78, 5) is 22.0. The number of benzene rings is 2. The summed E-state index contributed by atoms with van der Waals surface area (Å²) in [7, 11) is 0. The quantitative estimate of drug-likeness (QED) is 0.735. The van der Waals surface area contributed by atoms with Gasteiger partial charge < -0.3 is 14.6 Å². The number of nitrogens with one attached hydrogen (secondary N) is 1. The standard InChI is InChI=1S/C18H16BrN3O2/c19-15-11-12(22-7-9-24-10-8-22)5-6-13(15)17-20-16-4-2-1-3-14(16)18(23)21-17/h1-6,11H,7-10H2,(H,20,21,23). The molecule has 0 amide bonds. The van der Waals surface area contributed by atoms with E-state index in [1.165, 1.54) is 0 Å². The van der Waals surface area contributed by atoms with Gasteiger partial charge in [-0.25, -0.2) is 4.98 Å². The number of fused-ring (bicyclic) bond motifs is 1. The molecule has 1 aliphatic heterocycles. The van der Waals surface area contributed by atoms with Crippen molar-refractivity contribution in [3.8, 4) is 11.4 Å². The Morgan fingerprint density at radius 1 is 1.12 bits per heavy atom. The summed E-state index contributed by atoms with van der Waals surface area (Å²) in [6.45, 7) is 3.27. The van der Waals surface area contributed by atoms with Gasteiger partial charge in [-0.05, 0) is 46.3 Å². The number of rotatable bonds is 2. The smallest absolute Gasteiger partial charge is 0.259 e. The molecule has 0 atom stereocenters. The van der Waals surface area contributed by atoms with E-state index in [9.17, 15) is 4.79 Å². The Bertz CT molecular complexity index is 948. The molecule has 3 aromatic rings.